The molecule has 20 heavy (non-hydrogen) atoms. The van der Waals surface area contributed by atoms with Crippen LogP contribution in [-0.2, 0) is 12.8 Å². The summed E-state index contributed by atoms with van der Waals surface area (Å²) in [7, 11) is 0. The molecule has 0 aliphatic rings. The summed E-state index contributed by atoms with van der Waals surface area (Å²) in [6, 6.07) is 9.72. The first kappa shape index (κ1) is 14.8. The smallest absolute Gasteiger partial charge is 0.122 e. The highest BCUT2D eigenvalue weighted by Crippen LogP contribution is 2.24. The molecular formula is C16H19ClN2O. The van der Waals surface area contributed by atoms with Gasteiger partial charge in [0.1, 0.15) is 5.75 Å². The van der Waals surface area contributed by atoms with Gasteiger partial charge in [-0.2, -0.15) is 0 Å². The predicted octanol–water partition coefficient (Wildman–Crippen LogP) is 3.25. The molecule has 0 amide bonds. The van der Waals surface area contributed by atoms with Gasteiger partial charge in [-0.25, -0.2) is 0 Å². The monoisotopic (exact) mass is 290 g/mol. The molecule has 2 aromatic rings. The van der Waals surface area contributed by atoms with Gasteiger partial charge < -0.3 is 10.5 Å². The number of halogens is 1. The molecule has 0 fully saturated rings. The summed E-state index contributed by atoms with van der Waals surface area (Å²) in [6.45, 7) is 2.58. The van der Waals surface area contributed by atoms with Crippen LogP contribution in [-0.4, -0.2) is 17.6 Å². The second kappa shape index (κ2) is 7.27. The van der Waals surface area contributed by atoms with Crippen LogP contribution < -0.4 is 10.5 Å². The van der Waals surface area contributed by atoms with E-state index in [2.05, 4.69) is 4.98 Å². The van der Waals surface area contributed by atoms with Crippen LogP contribution in [0.2, 0.25) is 5.02 Å². The van der Waals surface area contributed by atoms with Gasteiger partial charge in [-0.05, 0) is 48.7 Å². The Labute approximate surface area is 124 Å². The zero-order chi connectivity index (χ0) is 14.4. The zero-order valence-electron chi connectivity index (χ0n) is 11.6. The summed E-state index contributed by atoms with van der Waals surface area (Å²) >= 11 is 6.03. The SMILES string of the molecule is CC(N)Cc1cc(Cl)ccc1OCCc1cccnc1. The van der Waals surface area contributed by atoms with Crippen LogP contribution in [0.5, 0.6) is 5.75 Å². The summed E-state index contributed by atoms with van der Waals surface area (Å²) in [5.74, 6) is 0.857. The Morgan fingerprint density at radius 3 is 2.90 bits per heavy atom. The average Bonchev–Trinajstić information content (AvgIpc) is 2.42. The second-order valence-corrected chi connectivity index (χ2v) is 5.33. The zero-order valence-corrected chi connectivity index (χ0v) is 12.3. The maximum Gasteiger partial charge on any atom is 0.122 e. The van der Waals surface area contributed by atoms with E-state index in [1.54, 1.807) is 6.20 Å². The topological polar surface area (TPSA) is 48.1 Å². The first-order valence-electron chi connectivity index (χ1n) is 6.71. The normalized spacial score (nSPS) is 12.2. The third kappa shape index (κ3) is 4.51. The minimum absolute atomic E-state index is 0.0779. The highest BCUT2D eigenvalue weighted by molar-refractivity contribution is 6.30. The van der Waals surface area contributed by atoms with Gasteiger partial charge in [-0.15, -0.1) is 0 Å². The number of aromatic nitrogens is 1. The fourth-order valence-electron chi connectivity index (χ4n) is 2.02. The second-order valence-electron chi connectivity index (χ2n) is 4.89. The Bertz CT molecular complexity index is 543. The number of nitrogens with two attached hydrogens (primary N) is 1. The molecule has 3 nitrogen and oxygen atoms in total. The van der Waals surface area contributed by atoms with Crippen molar-refractivity contribution in [1.29, 1.82) is 0 Å². The van der Waals surface area contributed by atoms with E-state index in [0.29, 0.717) is 11.6 Å². The van der Waals surface area contributed by atoms with Crippen molar-refractivity contribution in [2.45, 2.75) is 25.8 Å². The van der Waals surface area contributed by atoms with Gasteiger partial charge in [-0.3, -0.25) is 4.98 Å². The minimum atomic E-state index is 0.0779. The summed E-state index contributed by atoms with van der Waals surface area (Å²) < 4.78 is 5.85. The highest BCUT2D eigenvalue weighted by Gasteiger charge is 2.07. The quantitative estimate of drug-likeness (QED) is 0.888. The van der Waals surface area contributed by atoms with Crippen molar-refractivity contribution >= 4 is 11.6 Å². The van der Waals surface area contributed by atoms with Gasteiger partial charge in [0.15, 0.2) is 0 Å². The molecule has 1 atom stereocenters. The maximum atomic E-state index is 6.03. The van der Waals surface area contributed by atoms with Gasteiger partial charge in [-0.1, -0.05) is 17.7 Å². The van der Waals surface area contributed by atoms with Gasteiger partial charge in [0.05, 0.1) is 6.61 Å². The van der Waals surface area contributed by atoms with E-state index >= 15 is 0 Å². The molecule has 0 saturated heterocycles. The Hall–Kier alpha value is -1.58. The third-order valence-electron chi connectivity index (χ3n) is 2.94. The molecule has 0 aliphatic carbocycles. The third-order valence-corrected chi connectivity index (χ3v) is 3.17. The number of hydrogen-bond donors (Lipinski definition) is 1. The standard InChI is InChI=1S/C16H19ClN2O/c1-12(18)9-14-10-15(17)4-5-16(14)20-8-6-13-3-2-7-19-11-13/h2-5,7,10-12H,6,8-9,18H2,1H3. The Morgan fingerprint density at radius 1 is 1.35 bits per heavy atom. The van der Waals surface area contributed by atoms with Crippen molar-refractivity contribution in [1.82, 2.24) is 4.98 Å². The Morgan fingerprint density at radius 2 is 2.20 bits per heavy atom. The first-order chi connectivity index (χ1) is 9.65. The number of rotatable bonds is 6. The molecule has 106 valence electrons. The van der Waals surface area contributed by atoms with E-state index < -0.39 is 0 Å². The van der Waals surface area contributed by atoms with Crippen molar-refractivity contribution in [2.24, 2.45) is 5.73 Å². The van der Waals surface area contributed by atoms with Crippen molar-refractivity contribution in [3.63, 3.8) is 0 Å². The summed E-state index contributed by atoms with van der Waals surface area (Å²) in [5.41, 5.74) is 8.07. The van der Waals surface area contributed by atoms with Crippen LogP contribution in [0, 0.1) is 0 Å². The van der Waals surface area contributed by atoms with Gasteiger partial charge in [0.25, 0.3) is 0 Å². The number of pyridine rings is 1. The Kier molecular flexibility index (Phi) is 5.39. The van der Waals surface area contributed by atoms with E-state index in [-0.39, 0.29) is 6.04 Å². The van der Waals surface area contributed by atoms with Gasteiger partial charge in [0.2, 0.25) is 0 Å². The largest absolute Gasteiger partial charge is 0.493 e. The number of benzene rings is 1. The number of nitrogens with zero attached hydrogens (tertiary/aromatic N) is 1. The molecule has 1 aromatic carbocycles. The lowest BCUT2D eigenvalue weighted by Gasteiger charge is -2.13. The molecule has 0 bridgehead atoms. The molecule has 0 saturated carbocycles. The summed E-state index contributed by atoms with van der Waals surface area (Å²) in [4.78, 5) is 4.09. The van der Waals surface area contributed by atoms with Crippen molar-refractivity contribution in [3.8, 4) is 5.75 Å². The lowest BCUT2D eigenvalue weighted by molar-refractivity contribution is 0.318. The van der Waals surface area contributed by atoms with Gasteiger partial charge >= 0.3 is 0 Å². The van der Waals surface area contributed by atoms with Crippen LogP contribution >= 0.6 is 11.6 Å². The molecule has 1 aromatic heterocycles. The van der Waals surface area contributed by atoms with E-state index in [4.69, 9.17) is 22.1 Å². The maximum absolute atomic E-state index is 6.03. The highest BCUT2D eigenvalue weighted by atomic mass is 35.5. The van der Waals surface area contributed by atoms with Crippen molar-refractivity contribution in [3.05, 3.63) is 58.9 Å². The van der Waals surface area contributed by atoms with E-state index in [1.807, 2.05) is 43.5 Å². The van der Waals surface area contributed by atoms with Gasteiger partial charge in [0, 0.05) is 29.9 Å². The predicted molar refractivity (Wildman–Crippen MR) is 82.2 cm³/mol. The van der Waals surface area contributed by atoms with Crippen LogP contribution in [0.1, 0.15) is 18.1 Å². The fraction of sp³-hybridized carbons (Fsp3) is 0.312. The van der Waals surface area contributed by atoms with Crippen LogP contribution in [0.15, 0.2) is 42.7 Å². The molecule has 1 heterocycles. The molecule has 0 spiro atoms. The lowest BCUT2D eigenvalue weighted by atomic mass is 10.1. The first-order valence-corrected chi connectivity index (χ1v) is 7.08. The van der Waals surface area contributed by atoms with Crippen molar-refractivity contribution in [2.75, 3.05) is 6.61 Å². The Balaban J connectivity index is 1.98. The minimum Gasteiger partial charge on any atom is -0.493 e. The molecule has 4 heteroatoms. The molecule has 1 unspecified atom stereocenters. The number of hydrogen-bond acceptors (Lipinski definition) is 3. The molecule has 2 N–H and O–H groups in total. The average molecular weight is 291 g/mol. The molecule has 0 radical (unpaired) electrons. The summed E-state index contributed by atoms with van der Waals surface area (Å²) in [6.07, 6.45) is 5.20. The van der Waals surface area contributed by atoms with Crippen LogP contribution in [0.4, 0.5) is 0 Å². The number of ether oxygens (including phenoxy) is 1. The van der Waals surface area contributed by atoms with Crippen molar-refractivity contribution < 1.29 is 4.74 Å². The lowest BCUT2D eigenvalue weighted by Crippen LogP contribution is -2.18. The van der Waals surface area contributed by atoms with E-state index in [1.165, 1.54) is 0 Å². The van der Waals surface area contributed by atoms with E-state index in [9.17, 15) is 0 Å². The van der Waals surface area contributed by atoms with E-state index in [0.717, 1.165) is 29.7 Å². The summed E-state index contributed by atoms with van der Waals surface area (Å²) in [5, 5.41) is 0.709. The van der Waals surface area contributed by atoms with Crippen LogP contribution in [0.3, 0.4) is 0 Å². The molecule has 2 rings (SSSR count). The fourth-order valence-corrected chi connectivity index (χ4v) is 2.21. The van der Waals surface area contributed by atoms with Crippen LogP contribution in [0.25, 0.3) is 0 Å². The molecule has 0 aliphatic heterocycles. The molecular weight excluding hydrogens is 272 g/mol.